The van der Waals surface area contributed by atoms with Gasteiger partial charge in [-0.3, -0.25) is 29.8 Å². The number of hydrogen-bond acceptors (Lipinski definition) is 9. The van der Waals surface area contributed by atoms with Crippen molar-refractivity contribution in [1.82, 2.24) is 4.90 Å². The molecule has 0 amide bonds. The van der Waals surface area contributed by atoms with E-state index in [1.165, 1.54) is 0 Å². The van der Waals surface area contributed by atoms with Crippen LogP contribution in [-0.4, -0.2) is 32.9 Å². The molecule has 50 heavy (non-hydrogen) atoms. The van der Waals surface area contributed by atoms with Gasteiger partial charge in [-0.05, 0) is 59.9 Å². The fourth-order valence-corrected chi connectivity index (χ4v) is 7.67. The molecule has 260 valence electrons. The van der Waals surface area contributed by atoms with Crippen LogP contribution in [0.3, 0.4) is 0 Å². The first kappa shape index (κ1) is 34.8. The van der Waals surface area contributed by atoms with Gasteiger partial charge in [0.15, 0.2) is 23.1 Å². The van der Waals surface area contributed by atoms with E-state index < -0.39 is 27.1 Å². The molecule has 1 heterocycles. The predicted molar refractivity (Wildman–Crippen MR) is 187 cm³/mol. The van der Waals surface area contributed by atoms with Crippen LogP contribution in [0.15, 0.2) is 83.2 Å². The lowest BCUT2D eigenvalue weighted by molar-refractivity contribution is -0.394. The number of allylic oxidation sites excluding steroid dienone is 4. The summed E-state index contributed by atoms with van der Waals surface area (Å²) in [4.78, 5) is 52.4. The normalized spacial score (nSPS) is 18.5. The van der Waals surface area contributed by atoms with Gasteiger partial charge in [-0.1, -0.05) is 69.6 Å². The van der Waals surface area contributed by atoms with E-state index in [9.17, 15) is 29.8 Å². The number of non-ortho nitro benzene ring substituents is 1. The SMILES string of the molecule is CCOc1cc(C2C3=C(CC(C)(C)CC3=O)N(Cc3ccccc3)C3=C2C(=O)CC(C)(C)C3)cc(Cl)c1Oc1ccc([N+](=O)[O-])cc1[N+](=O)[O-]. The van der Waals surface area contributed by atoms with E-state index in [2.05, 4.69) is 32.6 Å². The molecule has 0 aromatic heterocycles. The van der Waals surface area contributed by atoms with Crippen LogP contribution < -0.4 is 9.47 Å². The van der Waals surface area contributed by atoms with E-state index in [0.29, 0.717) is 48.9 Å². The van der Waals surface area contributed by atoms with E-state index in [1.54, 1.807) is 19.1 Å². The Morgan fingerprint density at radius 3 is 1.96 bits per heavy atom. The zero-order chi connectivity index (χ0) is 36.1. The highest BCUT2D eigenvalue weighted by atomic mass is 35.5. The molecule has 0 spiro atoms. The molecular weight excluding hydrogens is 662 g/mol. The third kappa shape index (κ3) is 6.61. The molecule has 3 aliphatic rings. The molecule has 3 aromatic carbocycles. The maximum atomic E-state index is 14.3. The van der Waals surface area contributed by atoms with Gasteiger partial charge >= 0.3 is 5.69 Å². The Hall–Kier alpha value is -5.03. The fraction of sp³-hybridized carbons (Fsp3) is 0.368. The van der Waals surface area contributed by atoms with Crippen molar-refractivity contribution in [1.29, 1.82) is 0 Å². The van der Waals surface area contributed by atoms with Crippen molar-refractivity contribution in [2.45, 2.75) is 72.8 Å². The number of ether oxygens (including phenoxy) is 2. The first-order valence-electron chi connectivity index (χ1n) is 16.5. The Labute approximate surface area is 294 Å². The predicted octanol–water partition coefficient (Wildman–Crippen LogP) is 9.23. The van der Waals surface area contributed by atoms with Gasteiger partial charge in [0.2, 0.25) is 5.75 Å². The van der Waals surface area contributed by atoms with E-state index in [-0.39, 0.29) is 51.3 Å². The zero-order valence-electron chi connectivity index (χ0n) is 28.6. The van der Waals surface area contributed by atoms with Gasteiger partial charge in [-0.15, -0.1) is 0 Å². The van der Waals surface area contributed by atoms with Crippen LogP contribution in [0.25, 0.3) is 0 Å². The number of carbonyl (C=O) groups is 2. The van der Waals surface area contributed by atoms with Gasteiger partial charge in [-0.2, -0.15) is 0 Å². The van der Waals surface area contributed by atoms with Crippen molar-refractivity contribution in [2.75, 3.05) is 6.61 Å². The lowest BCUT2D eigenvalue weighted by atomic mass is 9.63. The molecule has 0 bridgehead atoms. The Morgan fingerprint density at radius 1 is 0.820 bits per heavy atom. The van der Waals surface area contributed by atoms with E-state index in [4.69, 9.17) is 21.1 Å². The molecule has 0 saturated carbocycles. The summed E-state index contributed by atoms with van der Waals surface area (Å²) in [5.41, 5.74) is 2.80. The van der Waals surface area contributed by atoms with Gasteiger partial charge in [0.1, 0.15) is 0 Å². The van der Waals surface area contributed by atoms with Crippen molar-refractivity contribution in [2.24, 2.45) is 10.8 Å². The van der Waals surface area contributed by atoms with Gasteiger partial charge in [0.05, 0.1) is 27.5 Å². The molecule has 0 saturated heterocycles. The van der Waals surface area contributed by atoms with Crippen LogP contribution in [0.2, 0.25) is 5.02 Å². The topological polar surface area (TPSA) is 142 Å². The summed E-state index contributed by atoms with van der Waals surface area (Å²) < 4.78 is 11.9. The van der Waals surface area contributed by atoms with Crippen LogP contribution in [0.5, 0.6) is 17.2 Å². The first-order valence-corrected chi connectivity index (χ1v) is 16.9. The summed E-state index contributed by atoms with van der Waals surface area (Å²) in [6, 6.07) is 16.3. The van der Waals surface area contributed by atoms with E-state index in [0.717, 1.165) is 35.2 Å². The number of benzene rings is 3. The maximum absolute atomic E-state index is 14.3. The minimum Gasteiger partial charge on any atom is -0.490 e. The van der Waals surface area contributed by atoms with Crippen LogP contribution in [0.1, 0.15) is 77.3 Å². The lowest BCUT2D eigenvalue weighted by Gasteiger charge is -2.49. The molecule has 0 radical (unpaired) electrons. The summed E-state index contributed by atoms with van der Waals surface area (Å²) in [7, 11) is 0. The van der Waals surface area contributed by atoms with Crippen molar-refractivity contribution >= 4 is 34.5 Å². The minimum atomic E-state index is -0.775. The molecule has 2 aliphatic carbocycles. The summed E-state index contributed by atoms with van der Waals surface area (Å²) >= 11 is 6.91. The van der Waals surface area contributed by atoms with Gasteiger partial charge in [0.25, 0.3) is 5.69 Å². The average Bonchev–Trinajstić information content (AvgIpc) is 3.02. The molecule has 3 aromatic rings. The smallest absolute Gasteiger partial charge is 0.318 e. The fourth-order valence-electron chi connectivity index (χ4n) is 7.41. The maximum Gasteiger partial charge on any atom is 0.318 e. The second-order valence-corrected chi connectivity index (χ2v) is 15.0. The molecular formula is C38H38ClN3O8. The Kier molecular flexibility index (Phi) is 9.07. The Balaban J connectivity index is 1.54. The highest BCUT2D eigenvalue weighted by molar-refractivity contribution is 6.32. The number of halogens is 1. The monoisotopic (exact) mass is 699 g/mol. The van der Waals surface area contributed by atoms with Crippen molar-refractivity contribution in [3.05, 3.63) is 120 Å². The van der Waals surface area contributed by atoms with Crippen LogP contribution in [0, 0.1) is 31.1 Å². The Bertz CT molecular complexity index is 1950. The Morgan fingerprint density at radius 2 is 1.42 bits per heavy atom. The highest BCUT2D eigenvalue weighted by Gasteiger charge is 2.49. The second-order valence-electron chi connectivity index (χ2n) is 14.6. The molecule has 1 aliphatic heterocycles. The third-order valence-corrected chi connectivity index (χ3v) is 9.71. The first-order chi connectivity index (χ1) is 23.6. The van der Waals surface area contributed by atoms with E-state index >= 15 is 0 Å². The van der Waals surface area contributed by atoms with Crippen molar-refractivity contribution in [3.8, 4) is 17.2 Å². The standard InChI is InChI=1S/C38H38ClN3O8/c1-6-49-32-15-23(14-25(39)36(32)50-31-13-12-24(41(45)46)16-26(31)42(47)48)33-34-27(17-37(2,3)19-29(34)43)40(21-22-10-8-7-9-11-22)28-18-38(4,5)20-30(44)35(28)33/h7-16,33H,6,17-21H2,1-5H3. The number of nitro groups is 2. The molecule has 12 heteroatoms. The number of rotatable bonds is 9. The number of nitro benzene ring substituents is 2. The molecule has 11 nitrogen and oxygen atoms in total. The molecule has 0 fully saturated rings. The summed E-state index contributed by atoms with van der Waals surface area (Å²) in [5, 5.41) is 23.2. The van der Waals surface area contributed by atoms with Gasteiger partial charge < -0.3 is 14.4 Å². The number of Topliss-reactive ketones (excluding diaryl/α,β-unsaturated/α-hetero) is 2. The minimum absolute atomic E-state index is 0.0294. The van der Waals surface area contributed by atoms with Gasteiger partial charge in [-0.25, -0.2) is 0 Å². The highest BCUT2D eigenvalue weighted by Crippen LogP contribution is 2.56. The molecule has 0 N–H and O–H groups in total. The average molecular weight is 700 g/mol. The largest absolute Gasteiger partial charge is 0.490 e. The summed E-state index contributed by atoms with van der Waals surface area (Å²) in [5.74, 6) is -0.968. The number of ketones is 2. The number of nitrogens with zero attached hydrogens (tertiary/aromatic N) is 3. The summed E-state index contributed by atoms with van der Waals surface area (Å²) in [6.45, 7) is 10.8. The molecule has 0 unspecified atom stereocenters. The quantitative estimate of drug-likeness (QED) is 0.158. The molecule has 0 atom stereocenters. The van der Waals surface area contributed by atoms with Crippen LogP contribution in [-0.2, 0) is 16.1 Å². The lowest BCUT2D eigenvalue weighted by Crippen LogP contribution is -2.44. The number of hydrogen-bond donors (Lipinski definition) is 0. The van der Waals surface area contributed by atoms with Crippen LogP contribution >= 0.6 is 11.6 Å². The van der Waals surface area contributed by atoms with E-state index in [1.807, 2.05) is 30.3 Å². The summed E-state index contributed by atoms with van der Waals surface area (Å²) in [6.07, 6.45) is 1.86. The zero-order valence-corrected chi connectivity index (χ0v) is 29.3. The van der Waals surface area contributed by atoms with Crippen LogP contribution in [0.4, 0.5) is 11.4 Å². The molecule has 6 rings (SSSR count). The second kappa shape index (κ2) is 13.0. The number of carbonyl (C=O) groups excluding carboxylic acids is 2. The van der Waals surface area contributed by atoms with Crippen molar-refractivity contribution < 1.29 is 28.9 Å². The van der Waals surface area contributed by atoms with Gasteiger partial charge in [0, 0.05) is 53.9 Å². The third-order valence-electron chi connectivity index (χ3n) is 9.43. The van der Waals surface area contributed by atoms with Crippen molar-refractivity contribution in [3.63, 3.8) is 0 Å².